The highest BCUT2D eigenvalue weighted by Gasteiger charge is 2.33. The molecular formula is C21H16N4O2S. The minimum atomic E-state index is -0.171. The quantitative estimate of drug-likeness (QED) is 0.431. The van der Waals surface area contributed by atoms with Crippen LogP contribution in [0.15, 0.2) is 54.7 Å². The Kier molecular flexibility index (Phi) is 3.77. The number of fused-ring (bicyclic) bond motifs is 4. The lowest BCUT2D eigenvalue weighted by Gasteiger charge is -2.29. The molecule has 6 nitrogen and oxygen atoms in total. The summed E-state index contributed by atoms with van der Waals surface area (Å²) in [6, 6.07) is 15.9. The van der Waals surface area contributed by atoms with E-state index in [1.807, 2.05) is 42.5 Å². The van der Waals surface area contributed by atoms with Gasteiger partial charge in [-0.3, -0.25) is 4.98 Å². The van der Waals surface area contributed by atoms with Gasteiger partial charge in [0.25, 0.3) is 0 Å². The molecule has 2 aromatic carbocycles. The van der Waals surface area contributed by atoms with E-state index in [4.69, 9.17) is 27.4 Å². The molecule has 3 heterocycles. The largest absolute Gasteiger partial charge is 0.497 e. The molecule has 1 unspecified atom stereocenters. The first kappa shape index (κ1) is 16.7. The molecule has 28 heavy (non-hydrogen) atoms. The molecule has 5 rings (SSSR count). The van der Waals surface area contributed by atoms with Crippen LogP contribution in [-0.4, -0.2) is 22.1 Å². The molecule has 1 atom stereocenters. The summed E-state index contributed by atoms with van der Waals surface area (Å²) in [6.45, 7) is 0. The standard InChI is InChI=1S/C21H16N4O2S/c1-26-13-7-4-11(5-8-13)15-14-9-6-12-3-2-10-23-17(12)18(14)27-20-16(15)19(22)24-21(28)25-20/h2-10,15H,1H3,(H3,22,24,25,28). The summed E-state index contributed by atoms with van der Waals surface area (Å²) in [7, 11) is 1.65. The Hall–Kier alpha value is -3.45. The number of aromatic amines is 1. The average Bonchev–Trinajstić information content (AvgIpc) is 2.72. The summed E-state index contributed by atoms with van der Waals surface area (Å²) >= 11 is 5.21. The fraction of sp³-hybridized carbons (Fsp3) is 0.0952. The molecule has 0 amide bonds. The predicted molar refractivity (Wildman–Crippen MR) is 110 cm³/mol. The maximum absolute atomic E-state index is 6.31. The Balaban J connectivity index is 1.82. The Morgan fingerprint density at radius 1 is 1.14 bits per heavy atom. The Labute approximate surface area is 166 Å². The van der Waals surface area contributed by atoms with Crippen LogP contribution in [0.4, 0.5) is 5.82 Å². The fourth-order valence-corrected chi connectivity index (χ4v) is 3.89. The number of pyridine rings is 1. The van der Waals surface area contributed by atoms with E-state index < -0.39 is 0 Å². The van der Waals surface area contributed by atoms with Crippen LogP contribution in [0.3, 0.4) is 0 Å². The van der Waals surface area contributed by atoms with E-state index in [1.165, 1.54) is 0 Å². The zero-order valence-corrected chi connectivity index (χ0v) is 15.8. The van der Waals surface area contributed by atoms with Crippen molar-refractivity contribution in [2.45, 2.75) is 5.92 Å². The van der Waals surface area contributed by atoms with Crippen LogP contribution < -0.4 is 15.2 Å². The highest BCUT2D eigenvalue weighted by atomic mass is 32.1. The second-order valence-corrected chi connectivity index (χ2v) is 6.93. The Bertz CT molecular complexity index is 1270. The highest BCUT2D eigenvalue weighted by Crippen LogP contribution is 2.50. The molecule has 0 spiro atoms. The van der Waals surface area contributed by atoms with Crippen LogP contribution in [-0.2, 0) is 0 Å². The van der Waals surface area contributed by atoms with Gasteiger partial charge in [0.05, 0.1) is 12.7 Å². The SMILES string of the molecule is COc1ccc(C2c3ccc4cccnc4c3Oc3nc(=S)[nH]c(N)c32)cc1. The van der Waals surface area contributed by atoms with Crippen LogP contribution in [0.5, 0.6) is 17.4 Å². The maximum atomic E-state index is 6.31. The molecule has 0 radical (unpaired) electrons. The van der Waals surface area contributed by atoms with Crippen molar-refractivity contribution in [3.63, 3.8) is 0 Å². The second kappa shape index (κ2) is 6.31. The molecule has 138 valence electrons. The fourth-order valence-electron chi connectivity index (χ4n) is 3.70. The molecule has 7 heteroatoms. The second-order valence-electron chi connectivity index (χ2n) is 6.54. The van der Waals surface area contributed by atoms with Gasteiger partial charge < -0.3 is 20.2 Å². The number of aromatic nitrogens is 3. The van der Waals surface area contributed by atoms with Crippen molar-refractivity contribution in [2.24, 2.45) is 0 Å². The normalized spacial score (nSPS) is 14.8. The summed E-state index contributed by atoms with van der Waals surface area (Å²) in [5, 5.41) is 0.993. The summed E-state index contributed by atoms with van der Waals surface area (Å²) < 4.78 is 11.8. The lowest BCUT2D eigenvalue weighted by molar-refractivity contribution is 0.414. The van der Waals surface area contributed by atoms with Crippen molar-refractivity contribution in [1.29, 1.82) is 0 Å². The first-order valence-corrected chi connectivity index (χ1v) is 9.15. The minimum absolute atomic E-state index is 0.171. The van der Waals surface area contributed by atoms with E-state index >= 15 is 0 Å². The third kappa shape index (κ3) is 2.51. The first-order valence-electron chi connectivity index (χ1n) is 8.75. The highest BCUT2D eigenvalue weighted by molar-refractivity contribution is 7.71. The van der Waals surface area contributed by atoms with Crippen molar-refractivity contribution in [2.75, 3.05) is 12.8 Å². The summed E-state index contributed by atoms with van der Waals surface area (Å²) in [4.78, 5) is 11.9. The van der Waals surface area contributed by atoms with Crippen molar-refractivity contribution in [1.82, 2.24) is 15.0 Å². The molecule has 1 aliphatic heterocycles. The molecular weight excluding hydrogens is 372 g/mol. The molecule has 3 N–H and O–H groups in total. The van der Waals surface area contributed by atoms with Gasteiger partial charge in [0.2, 0.25) is 10.7 Å². The molecule has 0 aliphatic carbocycles. The number of methoxy groups -OCH3 is 1. The Morgan fingerprint density at radius 2 is 1.96 bits per heavy atom. The van der Waals surface area contributed by atoms with Gasteiger partial charge in [-0.1, -0.05) is 30.3 Å². The predicted octanol–water partition coefficient (Wildman–Crippen LogP) is 4.56. The third-order valence-corrected chi connectivity index (χ3v) is 5.16. The minimum Gasteiger partial charge on any atom is -0.497 e. The molecule has 0 saturated heterocycles. The van der Waals surface area contributed by atoms with Gasteiger partial charge in [-0.15, -0.1) is 0 Å². The van der Waals surface area contributed by atoms with Crippen LogP contribution in [0.1, 0.15) is 22.6 Å². The number of nitrogens with two attached hydrogens (primary N) is 1. The molecule has 0 bridgehead atoms. The Morgan fingerprint density at radius 3 is 2.75 bits per heavy atom. The van der Waals surface area contributed by atoms with Crippen molar-refractivity contribution < 1.29 is 9.47 Å². The van der Waals surface area contributed by atoms with Crippen molar-refractivity contribution in [3.05, 3.63) is 76.2 Å². The van der Waals surface area contributed by atoms with E-state index in [9.17, 15) is 0 Å². The van der Waals surface area contributed by atoms with E-state index in [0.29, 0.717) is 17.4 Å². The molecule has 4 aromatic rings. The van der Waals surface area contributed by atoms with Crippen molar-refractivity contribution >= 4 is 28.9 Å². The third-order valence-electron chi connectivity index (χ3n) is 4.97. The van der Waals surface area contributed by atoms with Crippen LogP contribution in [0.2, 0.25) is 0 Å². The maximum Gasteiger partial charge on any atom is 0.229 e. The number of benzene rings is 2. The van der Waals surface area contributed by atoms with E-state index in [0.717, 1.165) is 33.3 Å². The number of nitrogens with zero attached hydrogens (tertiary/aromatic N) is 2. The van der Waals surface area contributed by atoms with Gasteiger partial charge in [0.1, 0.15) is 17.1 Å². The van der Waals surface area contributed by atoms with Gasteiger partial charge in [0.15, 0.2) is 5.75 Å². The smallest absolute Gasteiger partial charge is 0.229 e. The number of nitrogens with one attached hydrogen (secondary N) is 1. The van der Waals surface area contributed by atoms with Gasteiger partial charge >= 0.3 is 0 Å². The van der Waals surface area contributed by atoms with Crippen LogP contribution >= 0.6 is 12.2 Å². The van der Waals surface area contributed by atoms with Crippen LogP contribution in [0, 0.1) is 4.77 Å². The number of nitrogen functional groups attached to an aromatic ring is 1. The lowest BCUT2D eigenvalue weighted by Crippen LogP contribution is -2.16. The number of H-pyrrole nitrogens is 1. The van der Waals surface area contributed by atoms with Gasteiger partial charge in [0, 0.05) is 23.1 Å². The monoisotopic (exact) mass is 388 g/mol. The molecule has 2 aromatic heterocycles. The number of rotatable bonds is 2. The number of ether oxygens (including phenoxy) is 2. The summed E-state index contributed by atoms with van der Waals surface area (Å²) in [6.07, 6.45) is 1.75. The number of hydrogen-bond acceptors (Lipinski definition) is 6. The average molecular weight is 388 g/mol. The van der Waals surface area contributed by atoms with Gasteiger partial charge in [-0.05, 0) is 36.0 Å². The lowest BCUT2D eigenvalue weighted by atomic mass is 9.83. The topological polar surface area (TPSA) is 86.0 Å². The molecule has 1 aliphatic rings. The van der Waals surface area contributed by atoms with Gasteiger partial charge in [-0.2, -0.15) is 4.98 Å². The number of anilines is 1. The van der Waals surface area contributed by atoms with Crippen molar-refractivity contribution in [3.8, 4) is 17.4 Å². The summed E-state index contributed by atoms with van der Waals surface area (Å²) in [5.41, 5.74) is 9.88. The first-order chi connectivity index (χ1) is 13.7. The summed E-state index contributed by atoms with van der Waals surface area (Å²) in [5.74, 6) is 2.15. The van der Waals surface area contributed by atoms with Crippen LogP contribution in [0.25, 0.3) is 10.9 Å². The van der Waals surface area contributed by atoms with E-state index in [1.54, 1.807) is 13.3 Å². The van der Waals surface area contributed by atoms with Gasteiger partial charge in [-0.25, -0.2) is 0 Å². The molecule has 0 fully saturated rings. The molecule has 0 saturated carbocycles. The van der Waals surface area contributed by atoms with E-state index in [2.05, 4.69) is 21.0 Å². The zero-order chi connectivity index (χ0) is 19.3. The van der Waals surface area contributed by atoms with E-state index in [-0.39, 0.29) is 10.7 Å². The number of hydrogen-bond donors (Lipinski definition) is 2. The zero-order valence-electron chi connectivity index (χ0n) is 15.0.